The van der Waals surface area contributed by atoms with E-state index in [1.165, 1.54) is 29.1 Å². The molecule has 21 heavy (non-hydrogen) atoms. The average Bonchev–Trinajstić information content (AvgIpc) is 2.92. The number of hydrogen-bond donors (Lipinski definition) is 1. The van der Waals surface area contributed by atoms with E-state index >= 15 is 0 Å². The molecule has 0 saturated carbocycles. The Labute approximate surface area is 125 Å². The molecule has 0 spiro atoms. The number of nitrogens with zero attached hydrogens (tertiary/aromatic N) is 3. The molecule has 1 aromatic carbocycles. The van der Waals surface area contributed by atoms with Gasteiger partial charge in [-0.05, 0) is 25.1 Å². The highest BCUT2D eigenvalue weighted by Crippen LogP contribution is 2.32. The SMILES string of the molecule is CCOCn1nccc1C(O)c1cc(Cl)ccc1[N+](=O)[O-]. The molecule has 8 heteroatoms. The van der Waals surface area contributed by atoms with Crippen LogP contribution in [0.5, 0.6) is 0 Å². The van der Waals surface area contributed by atoms with Gasteiger partial charge in [0.25, 0.3) is 5.69 Å². The van der Waals surface area contributed by atoms with Crippen LogP contribution in [0.15, 0.2) is 30.5 Å². The highest BCUT2D eigenvalue weighted by molar-refractivity contribution is 6.30. The molecule has 0 fully saturated rings. The zero-order valence-corrected chi connectivity index (χ0v) is 12.0. The minimum atomic E-state index is -1.22. The van der Waals surface area contributed by atoms with Gasteiger partial charge in [0.2, 0.25) is 0 Å². The lowest BCUT2D eigenvalue weighted by atomic mass is 10.0. The minimum absolute atomic E-state index is 0.116. The molecule has 1 aromatic heterocycles. The molecule has 1 heterocycles. The fourth-order valence-corrected chi connectivity index (χ4v) is 2.11. The second-order valence-corrected chi connectivity index (χ2v) is 4.68. The minimum Gasteiger partial charge on any atom is -0.382 e. The van der Waals surface area contributed by atoms with E-state index in [0.717, 1.165) is 0 Å². The summed E-state index contributed by atoms with van der Waals surface area (Å²) in [6, 6.07) is 5.63. The Morgan fingerprint density at radius 3 is 2.95 bits per heavy atom. The Bertz CT molecular complexity index is 644. The smallest absolute Gasteiger partial charge is 0.275 e. The second kappa shape index (κ2) is 6.66. The molecule has 0 saturated heterocycles. The third kappa shape index (κ3) is 3.38. The molecule has 112 valence electrons. The summed E-state index contributed by atoms with van der Waals surface area (Å²) in [5.74, 6) is 0. The number of benzene rings is 1. The Balaban J connectivity index is 2.40. The van der Waals surface area contributed by atoms with Gasteiger partial charge in [-0.1, -0.05) is 11.6 Å². The van der Waals surface area contributed by atoms with E-state index in [0.29, 0.717) is 17.3 Å². The summed E-state index contributed by atoms with van der Waals surface area (Å²) in [6.07, 6.45) is 0.278. The van der Waals surface area contributed by atoms with E-state index in [1.807, 2.05) is 6.92 Å². The summed E-state index contributed by atoms with van der Waals surface area (Å²) in [5.41, 5.74) is 0.315. The predicted molar refractivity (Wildman–Crippen MR) is 76.0 cm³/mol. The quantitative estimate of drug-likeness (QED) is 0.654. The van der Waals surface area contributed by atoms with Crippen LogP contribution in [0, 0.1) is 10.1 Å². The van der Waals surface area contributed by atoms with Crippen LogP contribution in [-0.4, -0.2) is 26.4 Å². The van der Waals surface area contributed by atoms with Crippen LogP contribution >= 0.6 is 11.6 Å². The van der Waals surface area contributed by atoms with Gasteiger partial charge in [0, 0.05) is 23.9 Å². The number of aliphatic hydroxyl groups excluding tert-OH is 1. The summed E-state index contributed by atoms with van der Waals surface area (Å²) in [6.45, 7) is 2.48. The molecule has 1 N–H and O–H groups in total. The molecular weight excluding hydrogens is 298 g/mol. The van der Waals surface area contributed by atoms with Crippen molar-refractivity contribution < 1.29 is 14.8 Å². The highest BCUT2D eigenvalue weighted by Gasteiger charge is 2.24. The lowest BCUT2D eigenvalue weighted by Crippen LogP contribution is -2.13. The van der Waals surface area contributed by atoms with Crippen LogP contribution in [0.1, 0.15) is 24.3 Å². The number of nitro groups is 1. The number of rotatable bonds is 6. The van der Waals surface area contributed by atoms with Crippen LogP contribution in [0.3, 0.4) is 0 Å². The van der Waals surface area contributed by atoms with E-state index in [1.54, 1.807) is 6.07 Å². The van der Waals surface area contributed by atoms with E-state index in [2.05, 4.69) is 5.10 Å². The number of hydrogen-bond acceptors (Lipinski definition) is 5. The second-order valence-electron chi connectivity index (χ2n) is 4.24. The van der Waals surface area contributed by atoms with Crippen molar-refractivity contribution in [3.05, 3.63) is 56.9 Å². The van der Waals surface area contributed by atoms with E-state index < -0.39 is 11.0 Å². The third-order valence-corrected chi connectivity index (χ3v) is 3.16. The monoisotopic (exact) mass is 311 g/mol. The van der Waals surface area contributed by atoms with E-state index in [9.17, 15) is 15.2 Å². The van der Waals surface area contributed by atoms with Crippen molar-refractivity contribution >= 4 is 17.3 Å². The summed E-state index contributed by atoms with van der Waals surface area (Å²) in [7, 11) is 0. The number of halogens is 1. The number of nitro benzene ring substituents is 1. The molecule has 0 bridgehead atoms. The summed E-state index contributed by atoms with van der Waals surface area (Å²) in [4.78, 5) is 10.5. The Morgan fingerprint density at radius 1 is 1.52 bits per heavy atom. The molecule has 1 unspecified atom stereocenters. The molecule has 2 rings (SSSR count). The van der Waals surface area contributed by atoms with Crippen molar-refractivity contribution in [3.8, 4) is 0 Å². The molecule has 0 amide bonds. The van der Waals surface area contributed by atoms with Gasteiger partial charge in [0.15, 0.2) is 0 Å². The van der Waals surface area contributed by atoms with Crippen molar-refractivity contribution in [2.24, 2.45) is 0 Å². The van der Waals surface area contributed by atoms with Crippen LogP contribution < -0.4 is 0 Å². The predicted octanol–water partition coefficient (Wildman–Crippen LogP) is 2.52. The summed E-state index contributed by atoms with van der Waals surface area (Å²) >= 11 is 5.87. The van der Waals surface area contributed by atoms with Gasteiger partial charge < -0.3 is 9.84 Å². The third-order valence-electron chi connectivity index (χ3n) is 2.93. The normalized spacial score (nSPS) is 12.3. The maximum atomic E-state index is 11.1. The molecule has 7 nitrogen and oxygen atoms in total. The number of aliphatic hydroxyl groups is 1. The fraction of sp³-hybridized carbons (Fsp3) is 0.308. The van der Waals surface area contributed by atoms with Crippen LogP contribution in [0.4, 0.5) is 5.69 Å². The Kier molecular flexibility index (Phi) is 4.89. The van der Waals surface area contributed by atoms with Gasteiger partial charge in [-0.15, -0.1) is 0 Å². The fourth-order valence-electron chi connectivity index (χ4n) is 1.93. The van der Waals surface area contributed by atoms with Gasteiger partial charge in [0.05, 0.1) is 16.2 Å². The van der Waals surface area contributed by atoms with Gasteiger partial charge in [-0.2, -0.15) is 5.10 Å². The zero-order valence-electron chi connectivity index (χ0n) is 11.3. The molecule has 2 aromatic rings. The van der Waals surface area contributed by atoms with Crippen molar-refractivity contribution in [2.75, 3.05) is 6.61 Å². The maximum absolute atomic E-state index is 11.1. The van der Waals surface area contributed by atoms with Gasteiger partial charge in [-0.3, -0.25) is 10.1 Å². The molecule has 0 aliphatic rings. The van der Waals surface area contributed by atoms with E-state index in [-0.39, 0.29) is 18.0 Å². The van der Waals surface area contributed by atoms with Crippen molar-refractivity contribution in [2.45, 2.75) is 19.8 Å². The van der Waals surface area contributed by atoms with Crippen LogP contribution in [0.25, 0.3) is 0 Å². The maximum Gasteiger partial charge on any atom is 0.275 e. The van der Waals surface area contributed by atoms with Gasteiger partial charge >= 0.3 is 0 Å². The van der Waals surface area contributed by atoms with Crippen molar-refractivity contribution in [3.63, 3.8) is 0 Å². The number of aromatic nitrogens is 2. The Morgan fingerprint density at radius 2 is 2.29 bits per heavy atom. The molecule has 0 aliphatic heterocycles. The first kappa shape index (κ1) is 15.4. The summed E-state index contributed by atoms with van der Waals surface area (Å²) < 4.78 is 6.68. The van der Waals surface area contributed by atoms with Gasteiger partial charge in [-0.25, -0.2) is 4.68 Å². The van der Waals surface area contributed by atoms with E-state index in [4.69, 9.17) is 16.3 Å². The lowest BCUT2D eigenvalue weighted by Gasteiger charge is -2.14. The van der Waals surface area contributed by atoms with Crippen LogP contribution in [-0.2, 0) is 11.5 Å². The average molecular weight is 312 g/mol. The lowest BCUT2D eigenvalue weighted by molar-refractivity contribution is -0.386. The molecule has 1 atom stereocenters. The zero-order chi connectivity index (χ0) is 15.4. The standard InChI is InChI=1S/C13H14ClN3O4/c1-2-21-8-16-12(5-6-15-16)13(18)10-7-9(14)3-4-11(10)17(19)20/h3-7,13,18H,2,8H2,1H3. The Hall–Kier alpha value is -1.96. The largest absolute Gasteiger partial charge is 0.382 e. The molecule has 0 radical (unpaired) electrons. The summed E-state index contributed by atoms with van der Waals surface area (Å²) in [5, 5.41) is 25.8. The highest BCUT2D eigenvalue weighted by atomic mass is 35.5. The van der Waals surface area contributed by atoms with Crippen LogP contribution in [0.2, 0.25) is 5.02 Å². The number of ether oxygens (including phenoxy) is 1. The first-order chi connectivity index (χ1) is 10.0. The molecular formula is C13H14ClN3O4. The first-order valence-electron chi connectivity index (χ1n) is 6.26. The molecule has 0 aliphatic carbocycles. The van der Waals surface area contributed by atoms with Crippen molar-refractivity contribution in [1.29, 1.82) is 0 Å². The van der Waals surface area contributed by atoms with Gasteiger partial charge in [0.1, 0.15) is 12.8 Å². The topological polar surface area (TPSA) is 90.4 Å². The van der Waals surface area contributed by atoms with Crippen molar-refractivity contribution in [1.82, 2.24) is 9.78 Å². The first-order valence-corrected chi connectivity index (χ1v) is 6.63.